The van der Waals surface area contributed by atoms with Crippen molar-refractivity contribution in [2.75, 3.05) is 0 Å². The lowest BCUT2D eigenvalue weighted by Crippen LogP contribution is -2.13. The third kappa shape index (κ3) is 2.59. The monoisotopic (exact) mass is 260 g/mol. The summed E-state index contributed by atoms with van der Waals surface area (Å²) in [5, 5.41) is 2.30. The van der Waals surface area contributed by atoms with Crippen LogP contribution in [0.2, 0.25) is 0 Å². The van der Waals surface area contributed by atoms with Crippen LogP contribution in [0.15, 0.2) is 29.3 Å². The van der Waals surface area contributed by atoms with Crippen LogP contribution in [-0.4, -0.2) is 4.98 Å². The highest BCUT2D eigenvalue weighted by molar-refractivity contribution is 7.80. The van der Waals surface area contributed by atoms with Crippen molar-refractivity contribution in [2.45, 2.75) is 44.6 Å². The Morgan fingerprint density at radius 2 is 2.00 bits per heavy atom. The smallest absolute Gasteiger partial charge is 0.0736 e. The van der Waals surface area contributed by atoms with Gasteiger partial charge < -0.3 is 4.98 Å². The first kappa shape index (κ1) is 13.5. The molecule has 1 atom stereocenters. The first-order valence-electron chi connectivity index (χ1n) is 6.53. The van der Waals surface area contributed by atoms with E-state index in [2.05, 4.69) is 69.6 Å². The molecule has 0 spiro atoms. The Balaban J connectivity index is 2.38. The van der Waals surface area contributed by atoms with Gasteiger partial charge in [-0.05, 0) is 35.8 Å². The fourth-order valence-electron chi connectivity index (χ4n) is 2.68. The van der Waals surface area contributed by atoms with E-state index in [1.807, 2.05) is 0 Å². The molecule has 0 saturated carbocycles. The van der Waals surface area contributed by atoms with Gasteiger partial charge in [0, 0.05) is 10.9 Å². The maximum Gasteiger partial charge on any atom is 0.0736 e. The second-order valence-corrected chi connectivity index (χ2v) is 6.40. The van der Waals surface area contributed by atoms with Crippen molar-refractivity contribution in [1.29, 1.82) is 0 Å². The molecule has 2 heteroatoms. The van der Waals surface area contributed by atoms with Gasteiger partial charge in [-0.3, -0.25) is 0 Å². The molecular formula is C16H22NS. The standard InChI is InChI=1S/C16H22NS/c1-5-16(3,4)10-11(2)14-12-8-6-7-9-13(12)17-15(14)18/h6-9,11,17-18H,1,5,10H2,2-4H3. The highest BCUT2D eigenvalue weighted by Gasteiger charge is 2.23. The zero-order valence-electron chi connectivity index (χ0n) is 11.5. The van der Waals surface area contributed by atoms with Gasteiger partial charge in [-0.25, -0.2) is 0 Å². The summed E-state index contributed by atoms with van der Waals surface area (Å²) in [6.45, 7) is 10.9. The summed E-state index contributed by atoms with van der Waals surface area (Å²) < 4.78 is 0. The quantitative estimate of drug-likeness (QED) is 0.703. The molecule has 0 bridgehead atoms. The van der Waals surface area contributed by atoms with Crippen molar-refractivity contribution < 1.29 is 0 Å². The van der Waals surface area contributed by atoms with Gasteiger partial charge in [0.25, 0.3) is 0 Å². The average Bonchev–Trinajstić information content (AvgIpc) is 2.64. The second-order valence-electron chi connectivity index (χ2n) is 5.95. The lowest BCUT2D eigenvalue weighted by molar-refractivity contribution is 0.313. The Labute approximate surface area is 115 Å². The molecule has 0 amide bonds. The molecule has 0 fully saturated rings. The van der Waals surface area contributed by atoms with Crippen molar-refractivity contribution in [3.63, 3.8) is 0 Å². The van der Waals surface area contributed by atoms with E-state index in [4.69, 9.17) is 0 Å². The summed E-state index contributed by atoms with van der Waals surface area (Å²) in [5.74, 6) is 0.491. The molecule has 1 nitrogen and oxygen atoms in total. The van der Waals surface area contributed by atoms with E-state index in [0.717, 1.165) is 17.9 Å². The van der Waals surface area contributed by atoms with E-state index in [-0.39, 0.29) is 5.41 Å². The minimum absolute atomic E-state index is 0.276. The number of hydrogen-bond donors (Lipinski definition) is 2. The van der Waals surface area contributed by atoms with Crippen LogP contribution < -0.4 is 0 Å². The average molecular weight is 260 g/mol. The molecule has 0 aliphatic rings. The zero-order chi connectivity index (χ0) is 13.3. The number of benzene rings is 1. The Morgan fingerprint density at radius 3 is 2.67 bits per heavy atom. The van der Waals surface area contributed by atoms with Crippen LogP contribution in [0, 0.1) is 12.3 Å². The highest BCUT2D eigenvalue weighted by atomic mass is 32.1. The third-order valence-corrected chi connectivity index (χ3v) is 4.11. The number of thiol groups is 1. The molecule has 1 N–H and O–H groups in total. The Morgan fingerprint density at radius 1 is 1.33 bits per heavy atom. The number of aromatic nitrogens is 1. The van der Waals surface area contributed by atoms with E-state index in [9.17, 15) is 0 Å². The lowest BCUT2D eigenvalue weighted by atomic mass is 9.79. The van der Waals surface area contributed by atoms with Crippen LogP contribution in [0.1, 0.15) is 45.1 Å². The summed E-state index contributed by atoms with van der Waals surface area (Å²) in [6, 6.07) is 8.43. The molecule has 1 radical (unpaired) electrons. The predicted octanol–water partition coefficient (Wildman–Crippen LogP) is 5.20. The third-order valence-electron chi connectivity index (χ3n) is 3.75. The zero-order valence-corrected chi connectivity index (χ0v) is 12.3. The van der Waals surface area contributed by atoms with Gasteiger partial charge in [-0.2, -0.15) is 0 Å². The molecule has 0 aliphatic carbocycles. The molecule has 2 aromatic rings. The van der Waals surface area contributed by atoms with Gasteiger partial charge in [0.1, 0.15) is 0 Å². The number of fused-ring (bicyclic) bond motifs is 1. The molecule has 18 heavy (non-hydrogen) atoms. The SMILES string of the molecule is [CH2]CC(C)(C)CC(C)c1c(S)[nH]c2ccccc12. The minimum atomic E-state index is 0.276. The fourth-order valence-corrected chi connectivity index (χ4v) is 3.14. The molecule has 1 aromatic heterocycles. The predicted molar refractivity (Wildman–Crippen MR) is 82.3 cm³/mol. The normalized spacial score (nSPS) is 14.1. The topological polar surface area (TPSA) is 15.8 Å². The lowest BCUT2D eigenvalue weighted by Gasteiger charge is -2.26. The highest BCUT2D eigenvalue weighted by Crippen LogP contribution is 2.39. The largest absolute Gasteiger partial charge is 0.350 e. The number of aromatic amines is 1. The molecule has 1 heterocycles. The minimum Gasteiger partial charge on any atom is -0.350 e. The number of H-pyrrole nitrogens is 1. The maximum absolute atomic E-state index is 4.60. The van der Waals surface area contributed by atoms with Crippen LogP contribution in [0.5, 0.6) is 0 Å². The van der Waals surface area contributed by atoms with Crippen molar-refractivity contribution in [3.8, 4) is 0 Å². The summed E-state index contributed by atoms with van der Waals surface area (Å²) in [4.78, 5) is 3.36. The van der Waals surface area contributed by atoms with Crippen molar-refractivity contribution in [1.82, 2.24) is 4.98 Å². The number of para-hydroxylation sites is 1. The molecule has 1 unspecified atom stereocenters. The number of hydrogen-bond acceptors (Lipinski definition) is 1. The van der Waals surface area contributed by atoms with E-state index in [0.29, 0.717) is 5.92 Å². The first-order chi connectivity index (χ1) is 8.44. The number of rotatable bonds is 4. The summed E-state index contributed by atoms with van der Waals surface area (Å²) in [6.07, 6.45) is 2.09. The van der Waals surface area contributed by atoms with E-state index in [1.54, 1.807) is 0 Å². The van der Waals surface area contributed by atoms with Crippen LogP contribution in [0.4, 0.5) is 0 Å². The molecule has 1 aromatic carbocycles. The van der Waals surface area contributed by atoms with Crippen molar-refractivity contribution >= 4 is 23.5 Å². The second kappa shape index (κ2) is 5.00. The maximum atomic E-state index is 4.60. The number of nitrogens with one attached hydrogen (secondary N) is 1. The Kier molecular flexibility index (Phi) is 3.76. The van der Waals surface area contributed by atoms with Crippen molar-refractivity contribution in [3.05, 3.63) is 36.8 Å². The molecule has 97 valence electrons. The summed E-state index contributed by atoms with van der Waals surface area (Å²) in [5.41, 5.74) is 2.80. The van der Waals surface area contributed by atoms with E-state index >= 15 is 0 Å². The van der Waals surface area contributed by atoms with Gasteiger partial charge in [-0.15, -0.1) is 12.6 Å². The Bertz CT molecular complexity index is 539. The van der Waals surface area contributed by atoms with E-state index < -0.39 is 0 Å². The van der Waals surface area contributed by atoms with Gasteiger partial charge in [0.2, 0.25) is 0 Å². The molecule has 0 aliphatic heterocycles. The van der Waals surface area contributed by atoms with Crippen LogP contribution >= 0.6 is 12.6 Å². The Hall–Kier alpha value is -0.890. The van der Waals surface area contributed by atoms with Gasteiger partial charge in [0.05, 0.1) is 5.03 Å². The molecule has 0 saturated heterocycles. The van der Waals surface area contributed by atoms with Gasteiger partial charge in [-0.1, -0.05) is 45.9 Å². The van der Waals surface area contributed by atoms with Crippen LogP contribution in [0.3, 0.4) is 0 Å². The summed E-state index contributed by atoms with van der Waals surface area (Å²) >= 11 is 4.60. The van der Waals surface area contributed by atoms with Crippen molar-refractivity contribution in [2.24, 2.45) is 5.41 Å². The van der Waals surface area contributed by atoms with Crippen LogP contribution in [-0.2, 0) is 0 Å². The van der Waals surface area contributed by atoms with E-state index in [1.165, 1.54) is 16.5 Å². The molecular weight excluding hydrogens is 238 g/mol. The van der Waals surface area contributed by atoms with Gasteiger partial charge in [0.15, 0.2) is 0 Å². The summed E-state index contributed by atoms with van der Waals surface area (Å²) in [7, 11) is 0. The molecule has 2 rings (SSSR count). The fraction of sp³-hybridized carbons (Fsp3) is 0.438. The van der Waals surface area contributed by atoms with Crippen LogP contribution in [0.25, 0.3) is 10.9 Å². The first-order valence-corrected chi connectivity index (χ1v) is 6.98. The van der Waals surface area contributed by atoms with Gasteiger partial charge >= 0.3 is 0 Å².